The van der Waals surface area contributed by atoms with Crippen LogP contribution in [0.2, 0.25) is 0 Å². The van der Waals surface area contributed by atoms with E-state index in [1.165, 1.54) is 18.6 Å². The van der Waals surface area contributed by atoms with E-state index >= 15 is 0 Å². The highest BCUT2D eigenvalue weighted by Gasteiger charge is 2.06. The molecule has 14 heavy (non-hydrogen) atoms. The molecule has 0 saturated carbocycles. The van der Waals surface area contributed by atoms with Crippen molar-refractivity contribution in [3.05, 3.63) is 36.0 Å². The Bertz CT molecular complexity index is 393. The molecule has 2 aromatic heterocycles. The standard InChI is InChI=1S/C8H8N4O2/c13-8(6-3-10-11-4-6)9-5-7-1-2-12-14-7/h1-4H,5H2,(H,9,13)(H,10,11). The summed E-state index contributed by atoms with van der Waals surface area (Å²) in [6.45, 7) is 0.323. The fourth-order valence-electron chi connectivity index (χ4n) is 0.978. The summed E-state index contributed by atoms with van der Waals surface area (Å²) in [6, 6.07) is 1.69. The minimum atomic E-state index is -0.199. The Morgan fingerprint density at radius 2 is 2.57 bits per heavy atom. The molecule has 0 saturated heterocycles. The summed E-state index contributed by atoms with van der Waals surface area (Å²) in [7, 11) is 0. The predicted octanol–water partition coefficient (Wildman–Crippen LogP) is 0.328. The summed E-state index contributed by atoms with van der Waals surface area (Å²) in [6.07, 6.45) is 4.50. The smallest absolute Gasteiger partial charge is 0.254 e. The third-order valence-electron chi connectivity index (χ3n) is 1.67. The van der Waals surface area contributed by atoms with Crippen molar-refractivity contribution in [3.63, 3.8) is 0 Å². The number of nitrogens with zero attached hydrogens (tertiary/aromatic N) is 2. The molecular weight excluding hydrogens is 184 g/mol. The quantitative estimate of drug-likeness (QED) is 0.733. The Hall–Kier alpha value is -2.11. The second-order valence-electron chi connectivity index (χ2n) is 2.65. The first-order valence-corrected chi connectivity index (χ1v) is 4.03. The molecule has 1 amide bonds. The normalized spacial score (nSPS) is 10.0. The monoisotopic (exact) mass is 192 g/mol. The van der Waals surface area contributed by atoms with Gasteiger partial charge in [0, 0.05) is 12.3 Å². The van der Waals surface area contributed by atoms with Gasteiger partial charge in [0.1, 0.15) is 0 Å². The number of carbonyl (C=O) groups excluding carboxylic acids is 1. The highest BCUT2D eigenvalue weighted by atomic mass is 16.5. The van der Waals surface area contributed by atoms with Crippen LogP contribution in [0.25, 0.3) is 0 Å². The summed E-state index contributed by atoms with van der Waals surface area (Å²) in [5, 5.41) is 12.4. The lowest BCUT2D eigenvalue weighted by Gasteiger charge is -1.98. The number of rotatable bonds is 3. The highest BCUT2D eigenvalue weighted by molar-refractivity contribution is 5.93. The molecule has 2 heterocycles. The molecule has 0 aromatic carbocycles. The Balaban J connectivity index is 1.90. The van der Waals surface area contributed by atoms with Crippen molar-refractivity contribution >= 4 is 5.91 Å². The SMILES string of the molecule is O=C(NCc1ccno1)c1cn[nH]c1. The van der Waals surface area contributed by atoms with Gasteiger partial charge in [-0.3, -0.25) is 9.89 Å². The van der Waals surface area contributed by atoms with Gasteiger partial charge in [-0.05, 0) is 0 Å². The fourth-order valence-corrected chi connectivity index (χ4v) is 0.978. The first-order valence-electron chi connectivity index (χ1n) is 4.03. The molecule has 0 aliphatic carbocycles. The number of hydrogen-bond acceptors (Lipinski definition) is 4. The molecule has 2 rings (SSSR count). The fraction of sp³-hybridized carbons (Fsp3) is 0.125. The van der Waals surface area contributed by atoms with Gasteiger partial charge in [0.15, 0.2) is 5.76 Å². The van der Waals surface area contributed by atoms with Crippen LogP contribution in [0.5, 0.6) is 0 Å². The molecule has 0 fully saturated rings. The number of H-pyrrole nitrogens is 1. The summed E-state index contributed by atoms with van der Waals surface area (Å²) in [5.74, 6) is 0.414. The third-order valence-corrected chi connectivity index (χ3v) is 1.67. The van der Waals surface area contributed by atoms with E-state index < -0.39 is 0 Å². The predicted molar refractivity (Wildman–Crippen MR) is 46.3 cm³/mol. The lowest BCUT2D eigenvalue weighted by molar-refractivity contribution is 0.0947. The van der Waals surface area contributed by atoms with Crippen LogP contribution in [-0.4, -0.2) is 21.3 Å². The van der Waals surface area contributed by atoms with Crippen LogP contribution in [0.3, 0.4) is 0 Å². The first-order chi connectivity index (χ1) is 6.86. The summed E-state index contributed by atoms with van der Waals surface area (Å²) >= 11 is 0. The third kappa shape index (κ3) is 1.79. The van der Waals surface area contributed by atoms with Crippen LogP contribution in [0.4, 0.5) is 0 Å². The number of aromatic nitrogens is 3. The lowest BCUT2D eigenvalue weighted by atomic mass is 10.3. The Kier molecular flexibility index (Phi) is 2.26. The van der Waals surface area contributed by atoms with Gasteiger partial charge in [-0.1, -0.05) is 5.16 Å². The van der Waals surface area contributed by atoms with E-state index in [9.17, 15) is 4.79 Å². The van der Waals surface area contributed by atoms with E-state index in [1.807, 2.05) is 0 Å². The van der Waals surface area contributed by atoms with Crippen LogP contribution in [0.15, 0.2) is 29.2 Å². The maximum absolute atomic E-state index is 11.4. The molecule has 2 aromatic rings. The molecule has 6 nitrogen and oxygen atoms in total. The van der Waals surface area contributed by atoms with E-state index in [1.54, 1.807) is 6.07 Å². The molecule has 0 aliphatic heterocycles. The molecule has 0 unspecified atom stereocenters. The van der Waals surface area contributed by atoms with Gasteiger partial charge in [-0.15, -0.1) is 0 Å². The van der Waals surface area contributed by atoms with Crippen molar-refractivity contribution in [2.24, 2.45) is 0 Å². The van der Waals surface area contributed by atoms with Crippen molar-refractivity contribution in [1.82, 2.24) is 20.7 Å². The van der Waals surface area contributed by atoms with Crippen molar-refractivity contribution in [1.29, 1.82) is 0 Å². The molecular formula is C8H8N4O2. The van der Waals surface area contributed by atoms with Crippen molar-refractivity contribution in [2.75, 3.05) is 0 Å². The molecule has 0 aliphatic rings. The maximum atomic E-state index is 11.4. The molecule has 0 atom stereocenters. The summed E-state index contributed by atoms with van der Waals surface area (Å²) < 4.78 is 4.81. The second kappa shape index (κ2) is 3.73. The summed E-state index contributed by atoms with van der Waals surface area (Å²) in [5.41, 5.74) is 0.490. The van der Waals surface area contributed by atoms with Gasteiger partial charge in [-0.2, -0.15) is 5.10 Å². The zero-order valence-corrected chi connectivity index (χ0v) is 7.23. The van der Waals surface area contributed by atoms with Gasteiger partial charge >= 0.3 is 0 Å². The molecule has 0 spiro atoms. The minimum Gasteiger partial charge on any atom is -0.360 e. The molecule has 6 heteroatoms. The zero-order valence-electron chi connectivity index (χ0n) is 7.23. The Labute approximate surface area is 79.3 Å². The van der Waals surface area contributed by atoms with Gasteiger partial charge in [-0.25, -0.2) is 0 Å². The van der Waals surface area contributed by atoms with Crippen molar-refractivity contribution < 1.29 is 9.32 Å². The van der Waals surface area contributed by atoms with Crippen LogP contribution in [0, 0.1) is 0 Å². The highest BCUT2D eigenvalue weighted by Crippen LogP contribution is 1.97. The molecule has 2 N–H and O–H groups in total. The average molecular weight is 192 g/mol. The number of amides is 1. The van der Waals surface area contributed by atoms with Crippen molar-refractivity contribution in [3.8, 4) is 0 Å². The first kappa shape index (κ1) is 8.49. The Morgan fingerprint density at radius 1 is 1.64 bits per heavy atom. The number of hydrogen-bond donors (Lipinski definition) is 2. The topological polar surface area (TPSA) is 83.8 Å². The molecule has 0 radical (unpaired) electrons. The van der Waals surface area contributed by atoms with E-state index in [0.29, 0.717) is 17.9 Å². The van der Waals surface area contributed by atoms with E-state index in [-0.39, 0.29) is 5.91 Å². The van der Waals surface area contributed by atoms with Gasteiger partial charge in [0.05, 0.1) is 24.5 Å². The second-order valence-corrected chi connectivity index (χ2v) is 2.65. The van der Waals surface area contributed by atoms with Crippen LogP contribution in [0.1, 0.15) is 16.1 Å². The maximum Gasteiger partial charge on any atom is 0.254 e. The molecule has 72 valence electrons. The number of carbonyl (C=O) groups is 1. The van der Waals surface area contributed by atoms with Crippen LogP contribution >= 0.6 is 0 Å². The minimum absolute atomic E-state index is 0.199. The summed E-state index contributed by atoms with van der Waals surface area (Å²) in [4.78, 5) is 11.4. The molecule has 0 bridgehead atoms. The van der Waals surface area contributed by atoms with Gasteiger partial charge in [0.25, 0.3) is 5.91 Å². The largest absolute Gasteiger partial charge is 0.360 e. The van der Waals surface area contributed by atoms with E-state index in [0.717, 1.165) is 0 Å². The zero-order chi connectivity index (χ0) is 9.80. The van der Waals surface area contributed by atoms with E-state index in [2.05, 4.69) is 20.7 Å². The number of aromatic amines is 1. The number of nitrogens with one attached hydrogen (secondary N) is 2. The van der Waals surface area contributed by atoms with Crippen LogP contribution < -0.4 is 5.32 Å². The van der Waals surface area contributed by atoms with Crippen LogP contribution in [-0.2, 0) is 6.54 Å². The van der Waals surface area contributed by atoms with Gasteiger partial charge in [0.2, 0.25) is 0 Å². The van der Waals surface area contributed by atoms with Crippen molar-refractivity contribution in [2.45, 2.75) is 6.54 Å². The Morgan fingerprint density at radius 3 is 3.21 bits per heavy atom. The van der Waals surface area contributed by atoms with Gasteiger partial charge < -0.3 is 9.84 Å². The lowest BCUT2D eigenvalue weighted by Crippen LogP contribution is -2.21. The average Bonchev–Trinajstić information content (AvgIpc) is 2.87. The van der Waals surface area contributed by atoms with E-state index in [4.69, 9.17) is 4.52 Å².